The summed E-state index contributed by atoms with van der Waals surface area (Å²) in [7, 11) is 0. The van der Waals surface area contributed by atoms with Crippen molar-refractivity contribution in [2.75, 3.05) is 62.4 Å². The predicted molar refractivity (Wildman–Crippen MR) is 118 cm³/mol. The van der Waals surface area contributed by atoms with Crippen LogP contribution in [-0.4, -0.2) is 72.2 Å². The minimum atomic E-state index is -0.390. The van der Waals surface area contributed by atoms with E-state index in [0.717, 1.165) is 54.5 Å². The Balaban J connectivity index is 1.63. The molecule has 0 saturated carbocycles. The molecule has 2 aliphatic rings. The van der Waals surface area contributed by atoms with Crippen molar-refractivity contribution >= 4 is 22.7 Å². The zero-order valence-corrected chi connectivity index (χ0v) is 17.5. The fraction of sp³-hybridized carbons (Fsp3) is 0.409. The normalized spacial score (nSPS) is 17.3. The van der Waals surface area contributed by atoms with Gasteiger partial charge in [-0.3, -0.25) is 4.79 Å². The first-order valence-electron chi connectivity index (χ1n) is 10.5. The molecule has 2 fully saturated rings. The van der Waals surface area contributed by atoms with Gasteiger partial charge in [-0.1, -0.05) is 0 Å². The number of rotatable bonds is 3. The van der Waals surface area contributed by atoms with E-state index in [1.165, 1.54) is 6.07 Å². The second kappa shape index (κ2) is 8.16. The second-order valence-electron chi connectivity index (χ2n) is 7.73. The second-order valence-corrected chi connectivity index (χ2v) is 7.73. The van der Waals surface area contributed by atoms with E-state index >= 15 is 0 Å². The highest BCUT2D eigenvalue weighted by molar-refractivity contribution is 5.83. The SMILES string of the molecule is Cc1c(O)c(=O)ccn1-c1ccc2nc(N3CCOCC3)c(N3CCOCC3)nc2c1. The number of nitrogens with zero attached hydrogens (tertiary/aromatic N) is 5. The Labute approximate surface area is 179 Å². The maximum absolute atomic E-state index is 11.7. The summed E-state index contributed by atoms with van der Waals surface area (Å²) in [4.78, 5) is 26.2. The molecule has 1 N–H and O–H groups in total. The highest BCUT2D eigenvalue weighted by atomic mass is 16.5. The van der Waals surface area contributed by atoms with Crippen LogP contribution in [0.4, 0.5) is 11.6 Å². The van der Waals surface area contributed by atoms with Gasteiger partial charge in [-0.05, 0) is 25.1 Å². The Kier molecular flexibility index (Phi) is 5.21. The lowest BCUT2D eigenvalue weighted by atomic mass is 10.2. The zero-order chi connectivity index (χ0) is 21.4. The number of aromatic hydroxyl groups is 1. The van der Waals surface area contributed by atoms with Gasteiger partial charge >= 0.3 is 0 Å². The van der Waals surface area contributed by atoms with Crippen molar-refractivity contribution in [1.29, 1.82) is 0 Å². The van der Waals surface area contributed by atoms with Gasteiger partial charge in [0.05, 0.1) is 43.2 Å². The van der Waals surface area contributed by atoms with Crippen LogP contribution >= 0.6 is 0 Å². The lowest BCUT2D eigenvalue weighted by Crippen LogP contribution is -2.41. The molecule has 0 radical (unpaired) electrons. The largest absolute Gasteiger partial charge is 0.503 e. The third kappa shape index (κ3) is 3.70. The van der Waals surface area contributed by atoms with Crippen molar-refractivity contribution in [3.63, 3.8) is 0 Å². The Hall–Kier alpha value is -3.17. The molecule has 0 unspecified atom stereocenters. The maximum Gasteiger partial charge on any atom is 0.223 e. The third-order valence-corrected chi connectivity index (χ3v) is 5.82. The summed E-state index contributed by atoms with van der Waals surface area (Å²) in [6.45, 7) is 7.50. The van der Waals surface area contributed by atoms with E-state index in [1.54, 1.807) is 17.7 Å². The summed E-state index contributed by atoms with van der Waals surface area (Å²) in [6.07, 6.45) is 1.66. The molecule has 5 rings (SSSR count). The molecule has 4 heterocycles. The molecular formula is C22H25N5O4. The van der Waals surface area contributed by atoms with E-state index < -0.39 is 0 Å². The molecule has 2 aliphatic heterocycles. The number of fused-ring (bicyclic) bond motifs is 1. The van der Waals surface area contributed by atoms with E-state index in [1.807, 2.05) is 18.2 Å². The van der Waals surface area contributed by atoms with Crippen LogP contribution in [0.25, 0.3) is 16.7 Å². The topological polar surface area (TPSA) is 93.0 Å². The lowest BCUT2D eigenvalue weighted by molar-refractivity contribution is 0.120. The van der Waals surface area contributed by atoms with E-state index in [4.69, 9.17) is 19.4 Å². The zero-order valence-electron chi connectivity index (χ0n) is 17.5. The van der Waals surface area contributed by atoms with Gasteiger partial charge in [0.1, 0.15) is 0 Å². The molecule has 9 heteroatoms. The van der Waals surface area contributed by atoms with Gasteiger partial charge in [0.25, 0.3) is 0 Å². The average Bonchev–Trinajstić information content (AvgIpc) is 2.82. The Bertz CT molecular complexity index is 1170. The molecular weight excluding hydrogens is 398 g/mol. The number of anilines is 2. The molecule has 3 aromatic rings. The van der Waals surface area contributed by atoms with Gasteiger partial charge in [-0.2, -0.15) is 0 Å². The molecule has 9 nitrogen and oxygen atoms in total. The fourth-order valence-corrected chi connectivity index (χ4v) is 4.05. The molecule has 0 spiro atoms. The highest BCUT2D eigenvalue weighted by Gasteiger charge is 2.24. The van der Waals surface area contributed by atoms with Crippen LogP contribution in [0.15, 0.2) is 35.3 Å². The number of morpholine rings is 2. The molecule has 162 valence electrons. The molecule has 0 atom stereocenters. The monoisotopic (exact) mass is 423 g/mol. The quantitative estimate of drug-likeness (QED) is 0.677. The number of hydrogen-bond acceptors (Lipinski definition) is 8. The van der Waals surface area contributed by atoms with Gasteiger partial charge < -0.3 is 28.9 Å². The number of ether oxygens (including phenoxy) is 2. The summed E-state index contributed by atoms with van der Waals surface area (Å²) >= 11 is 0. The third-order valence-electron chi connectivity index (χ3n) is 5.82. The minimum absolute atomic E-state index is 0.245. The lowest BCUT2D eigenvalue weighted by Gasteiger charge is -2.34. The summed E-state index contributed by atoms with van der Waals surface area (Å²) in [5.41, 5.74) is 2.46. The summed E-state index contributed by atoms with van der Waals surface area (Å²) in [5, 5.41) is 10.1. The number of hydrogen-bond donors (Lipinski definition) is 1. The molecule has 2 saturated heterocycles. The highest BCUT2D eigenvalue weighted by Crippen LogP contribution is 2.30. The van der Waals surface area contributed by atoms with Gasteiger partial charge in [0, 0.05) is 44.1 Å². The van der Waals surface area contributed by atoms with E-state index in [2.05, 4.69) is 9.80 Å². The smallest absolute Gasteiger partial charge is 0.223 e. The molecule has 0 bridgehead atoms. The first kappa shape index (κ1) is 19.8. The standard InChI is InChI=1S/C22H25N5O4/c1-15-20(29)19(28)4-5-27(15)16-2-3-17-18(14-16)24-22(26-8-12-31-13-9-26)21(23-17)25-6-10-30-11-7-25/h2-5,14,29H,6-13H2,1H3. The average molecular weight is 423 g/mol. The Morgan fingerprint density at radius 2 is 1.45 bits per heavy atom. The molecule has 1 aromatic carbocycles. The number of aromatic nitrogens is 3. The van der Waals surface area contributed by atoms with Crippen molar-refractivity contribution < 1.29 is 14.6 Å². The fourth-order valence-electron chi connectivity index (χ4n) is 4.05. The van der Waals surface area contributed by atoms with Crippen LogP contribution in [0.1, 0.15) is 5.69 Å². The van der Waals surface area contributed by atoms with Crippen LogP contribution in [0, 0.1) is 6.92 Å². The summed E-state index contributed by atoms with van der Waals surface area (Å²) in [6, 6.07) is 7.15. The maximum atomic E-state index is 11.7. The van der Waals surface area contributed by atoms with Crippen LogP contribution < -0.4 is 15.2 Å². The van der Waals surface area contributed by atoms with Crippen LogP contribution in [0.5, 0.6) is 5.75 Å². The van der Waals surface area contributed by atoms with E-state index in [-0.39, 0.29) is 11.2 Å². The Morgan fingerprint density at radius 3 is 2.06 bits per heavy atom. The van der Waals surface area contributed by atoms with Crippen molar-refractivity contribution in [2.24, 2.45) is 0 Å². The number of benzene rings is 1. The first-order valence-corrected chi connectivity index (χ1v) is 10.5. The molecule has 0 amide bonds. The van der Waals surface area contributed by atoms with E-state index in [0.29, 0.717) is 32.1 Å². The van der Waals surface area contributed by atoms with Crippen molar-refractivity contribution in [1.82, 2.24) is 14.5 Å². The predicted octanol–water partition coefficient (Wildman–Crippen LogP) is 1.47. The van der Waals surface area contributed by atoms with Crippen LogP contribution in [-0.2, 0) is 9.47 Å². The Morgan fingerprint density at radius 1 is 0.871 bits per heavy atom. The van der Waals surface area contributed by atoms with Gasteiger partial charge in [0.2, 0.25) is 5.43 Å². The minimum Gasteiger partial charge on any atom is -0.503 e. The van der Waals surface area contributed by atoms with Crippen molar-refractivity contribution in [2.45, 2.75) is 6.92 Å². The van der Waals surface area contributed by atoms with Crippen LogP contribution in [0.2, 0.25) is 0 Å². The van der Waals surface area contributed by atoms with Crippen molar-refractivity contribution in [3.8, 4) is 11.4 Å². The van der Waals surface area contributed by atoms with Gasteiger partial charge in [0.15, 0.2) is 17.4 Å². The first-order chi connectivity index (χ1) is 15.1. The molecule has 2 aromatic heterocycles. The summed E-state index contributed by atoms with van der Waals surface area (Å²) < 4.78 is 12.8. The van der Waals surface area contributed by atoms with Crippen LogP contribution in [0.3, 0.4) is 0 Å². The number of pyridine rings is 1. The van der Waals surface area contributed by atoms with Gasteiger partial charge in [-0.25, -0.2) is 9.97 Å². The summed E-state index contributed by atoms with van der Waals surface area (Å²) in [5.74, 6) is 1.49. The molecule has 31 heavy (non-hydrogen) atoms. The van der Waals surface area contributed by atoms with E-state index in [9.17, 15) is 9.90 Å². The molecule has 0 aliphatic carbocycles. The van der Waals surface area contributed by atoms with Crippen molar-refractivity contribution in [3.05, 3.63) is 46.4 Å². The van der Waals surface area contributed by atoms with Gasteiger partial charge in [-0.15, -0.1) is 0 Å².